The molecular formula is C15H21FN2O3. The molecule has 1 aromatic carbocycles. The summed E-state index contributed by atoms with van der Waals surface area (Å²) in [4.78, 5) is 12.2. The van der Waals surface area contributed by atoms with Crippen LogP contribution in [0.4, 0.5) is 10.1 Å². The quantitative estimate of drug-likeness (QED) is 0.546. The molecule has 1 saturated carbocycles. The van der Waals surface area contributed by atoms with Crippen molar-refractivity contribution in [2.75, 3.05) is 20.3 Å². The Morgan fingerprint density at radius 3 is 2.76 bits per heavy atom. The van der Waals surface area contributed by atoms with Gasteiger partial charge >= 0.3 is 5.69 Å². The van der Waals surface area contributed by atoms with Crippen LogP contribution in [0.25, 0.3) is 0 Å². The molecule has 21 heavy (non-hydrogen) atoms. The van der Waals surface area contributed by atoms with E-state index in [0.717, 1.165) is 12.1 Å². The first-order valence-electron chi connectivity index (χ1n) is 7.18. The predicted octanol–water partition coefficient (Wildman–Crippen LogP) is 2.98. The van der Waals surface area contributed by atoms with Gasteiger partial charge in [0.05, 0.1) is 11.5 Å². The zero-order valence-electron chi connectivity index (χ0n) is 12.4. The third kappa shape index (κ3) is 4.22. The molecule has 1 unspecified atom stereocenters. The minimum absolute atomic E-state index is 0.415. The molecule has 0 amide bonds. The molecule has 5 nitrogen and oxygen atoms in total. The fraction of sp³-hybridized carbons (Fsp3) is 0.600. The number of halogens is 1. The van der Waals surface area contributed by atoms with Crippen LogP contribution in [0.2, 0.25) is 0 Å². The lowest BCUT2D eigenvalue weighted by atomic mass is 10.1. The maximum absolute atomic E-state index is 13.7. The summed E-state index contributed by atoms with van der Waals surface area (Å²) in [5.41, 5.74) is 0.277. The first-order chi connectivity index (χ1) is 10.0. The van der Waals surface area contributed by atoms with E-state index in [1.165, 1.54) is 25.0 Å². The highest BCUT2D eigenvalue weighted by molar-refractivity contribution is 5.35. The fourth-order valence-electron chi connectivity index (χ4n) is 2.54. The van der Waals surface area contributed by atoms with E-state index < -0.39 is 16.4 Å². The summed E-state index contributed by atoms with van der Waals surface area (Å²) in [6.45, 7) is 4.14. The van der Waals surface area contributed by atoms with Crippen LogP contribution in [-0.4, -0.2) is 36.1 Å². The van der Waals surface area contributed by atoms with Crippen molar-refractivity contribution in [3.8, 4) is 0 Å². The lowest BCUT2D eigenvalue weighted by Crippen LogP contribution is -2.36. The Hall–Kier alpha value is -1.53. The lowest BCUT2D eigenvalue weighted by molar-refractivity contribution is -0.387. The van der Waals surface area contributed by atoms with E-state index in [4.69, 9.17) is 4.74 Å². The molecule has 1 aliphatic carbocycles. The molecule has 0 heterocycles. The zero-order chi connectivity index (χ0) is 15.4. The van der Waals surface area contributed by atoms with Crippen LogP contribution in [0.15, 0.2) is 18.2 Å². The van der Waals surface area contributed by atoms with E-state index in [1.54, 1.807) is 13.2 Å². The Kier molecular flexibility index (Phi) is 5.25. The van der Waals surface area contributed by atoms with Gasteiger partial charge in [-0.1, -0.05) is 6.07 Å². The van der Waals surface area contributed by atoms with Crippen molar-refractivity contribution in [2.24, 2.45) is 5.92 Å². The summed E-state index contributed by atoms with van der Waals surface area (Å²) in [6.07, 6.45) is 2.47. The van der Waals surface area contributed by atoms with Gasteiger partial charge in [-0.05, 0) is 37.3 Å². The van der Waals surface area contributed by atoms with Crippen LogP contribution in [0.3, 0.4) is 0 Å². The number of nitro groups is 1. The molecule has 1 fully saturated rings. The van der Waals surface area contributed by atoms with Gasteiger partial charge in [0.2, 0.25) is 5.82 Å². The second-order valence-electron chi connectivity index (χ2n) is 5.58. The number of methoxy groups -OCH3 is 1. The average molecular weight is 296 g/mol. The van der Waals surface area contributed by atoms with Crippen molar-refractivity contribution in [3.05, 3.63) is 39.7 Å². The number of ether oxygens (including phenoxy) is 1. The van der Waals surface area contributed by atoms with Gasteiger partial charge in [0.1, 0.15) is 0 Å². The molecule has 1 aliphatic rings. The van der Waals surface area contributed by atoms with Gasteiger partial charge in [-0.2, -0.15) is 4.39 Å². The maximum Gasteiger partial charge on any atom is 0.304 e. The third-order valence-corrected chi connectivity index (χ3v) is 4.06. The Balaban J connectivity index is 2.08. The van der Waals surface area contributed by atoms with Gasteiger partial charge in [-0.15, -0.1) is 0 Å². The molecule has 0 N–H and O–H groups in total. The molecule has 1 aromatic rings. The molecule has 116 valence electrons. The molecule has 0 radical (unpaired) electrons. The van der Waals surface area contributed by atoms with Gasteiger partial charge in [-0.3, -0.25) is 15.0 Å². The fourth-order valence-corrected chi connectivity index (χ4v) is 2.54. The topological polar surface area (TPSA) is 55.6 Å². The smallest absolute Gasteiger partial charge is 0.304 e. The van der Waals surface area contributed by atoms with Gasteiger partial charge in [0, 0.05) is 32.3 Å². The van der Waals surface area contributed by atoms with Gasteiger partial charge < -0.3 is 4.74 Å². The second-order valence-corrected chi connectivity index (χ2v) is 5.58. The first kappa shape index (κ1) is 15.9. The zero-order valence-corrected chi connectivity index (χ0v) is 12.4. The van der Waals surface area contributed by atoms with Gasteiger partial charge in [-0.25, -0.2) is 0 Å². The van der Waals surface area contributed by atoms with Crippen LogP contribution in [0.5, 0.6) is 0 Å². The van der Waals surface area contributed by atoms with E-state index in [9.17, 15) is 14.5 Å². The number of nitro benzene ring substituents is 1. The Morgan fingerprint density at radius 1 is 1.52 bits per heavy atom. The van der Waals surface area contributed by atoms with Crippen LogP contribution >= 0.6 is 0 Å². The van der Waals surface area contributed by atoms with Crippen molar-refractivity contribution in [1.29, 1.82) is 0 Å². The largest absolute Gasteiger partial charge is 0.383 e. The maximum atomic E-state index is 13.7. The molecule has 0 aliphatic heterocycles. The van der Waals surface area contributed by atoms with Crippen LogP contribution < -0.4 is 0 Å². The van der Waals surface area contributed by atoms with Crippen LogP contribution in [-0.2, 0) is 11.3 Å². The highest BCUT2D eigenvalue weighted by atomic mass is 19.1. The molecule has 0 spiro atoms. The normalized spacial score (nSPS) is 16.2. The number of rotatable bonds is 8. The van der Waals surface area contributed by atoms with Crippen molar-refractivity contribution >= 4 is 5.69 Å². The Labute approximate surface area is 123 Å². The summed E-state index contributed by atoms with van der Waals surface area (Å²) in [5, 5.41) is 10.6. The van der Waals surface area contributed by atoms with Crippen LogP contribution in [0, 0.1) is 21.8 Å². The number of hydrogen-bond acceptors (Lipinski definition) is 4. The predicted molar refractivity (Wildman–Crippen MR) is 77.5 cm³/mol. The van der Waals surface area contributed by atoms with Crippen molar-refractivity contribution in [3.63, 3.8) is 0 Å². The van der Waals surface area contributed by atoms with E-state index in [0.29, 0.717) is 25.1 Å². The van der Waals surface area contributed by atoms with Crippen LogP contribution in [0.1, 0.15) is 25.3 Å². The molecule has 0 aromatic heterocycles. The minimum atomic E-state index is -0.775. The molecule has 0 bridgehead atoms. The van der Waals surface area contributed by atoms with E-state index in [2.05, 4.69) is 11.8 Å². The molecule has 0 saturated heterocycles. The van der Waals surface area contributed by atoms with E-state index in [1.807, 2.05) is 0 Å². The molecular weight excluding hydrogens is 275 g/mol. The molecule has 2 rings (SSSR count). The van der Waals surface area contributed by atoms with Crippen molar-refractivity contribution < 1.29 is 14.1 Å². The van der Waals surface area contributed by atoms with Crippen molar-refractivity contribution in [1.82, 2.24) is 4.90 Å². The summed E-state index contributed by atoms with van der Waals surface area (Å²) < 4.78 is 18.8. The first-order valence-corrected chi connectivity index (χ1v) is 7.18. The minimum Gasteiger partial charge on any atom is -0.383 e. The number of benzene rings is 1. The number of hydrogen-bond donors (Lipinski definition) is 0. The standard InChI is InChI=1S/C15H21FN2O3/c1-11(13-4-5-13)17(7-8-21-2)10-12-3-6-15(18(19)20)14(16)9-12/h3,6,9,11,13H,4-5,7-8,10H2,1-2H3. The Morgan fingerprint density at radius 2 is 2.24 bits per heavy atom. The average Bonchev–Trinajstić information content (AvgIpc) is 3.26. The van der Waals surface area contributed by atoms with Gasteiger partial charge in [0.15, 0.2) is 0 Å². The monoisotopic (exact) mass is 296 g/mol. The van der Waals surface area contributed by atoms with Crippen molar-refractivity contribution in [2.45, 2.75) is 32.4 Å². The summed E-state index contributed by atoms with van der Waals surface area (Å²) in [6, 6.07) is 4.54. The highest BCUT2D eigenvalue weighted by Gasteiger charge is 2.31. The molecule has 6 heteroatoms. The molecule has 1 atom stereocenters. The summed E-state index contributed by atoms with van der Waals surface area (Å²) in [7, 11) is 1.66. The summed E-state index contributed by atoms with van der Waals surface area (Å²) >= 11 is 0. The SMILES string of the molecule is COCCN(Cc1ccc([N+](=O)[O-])c(F)c1)C(C)C1CC1. The number of nitrogens with zero attached hydrogens (tertiary/aromatic N) is 2. The Bertz CT molecular complexity index is 506. The third-order valence-electron chi connectivity index (χ3n) is 4.06. The summed E-state index contributed by atoms with van der Waals surface area (Å²) in [5.74, 6) is -0.0759. The van der Waals surface area contributed by atoms with E-state index in [-0.39, 0.29) is 0 Å². The van der Waals surface area contributed by atoms with E-state index >= 15 is 0 Å². The highest BCUT2D eigenvalue weighted by Crippen LogP contribution is 2.35. The van der Waals surface area contributed by atoms with Gasteiger partial charge in [0.25, 0.3) is 0 Å². The lowest BCUT2D eigenvalue weighted by Gasteiger charge is -2.29. The second kappa shape index (κ2) is 6.95.